The van der Waals surface area contributed by atoms with Crippen LogP contribution in [0.1, 0.15) is 18.1 Å². The lowest BCUT2D eigenvalue weighted by Crippen LogP contribution is -2.31. The van der Waals surface area contributed by atoms with E-state index >= 15 is 0 Å². The van der Waals surface area contributed by atoms with E-state index in [1.54, 1.807) is 18.2 Å². The quantitative estimate of drug-likeness (QED) is 0.684. The second-order valence-electron chi connectivity index (χ2n) is 4.26. The third kappa shape index (κ3) is 5.65. The van der Waals surface area contributed by atoms with Crippen LogP contribution in [-0.2, 0) is 0 Å². The normalized spacial score (nSPS) is 12.9. The van der Waals surface area contributed by atoms with Crippen molar-refractivity contribution in [3.63, 3.8) is 0 Å². The summed E-state index contributed by atoms with van der Waals surface area (Å²) in [5.74, 6) is 0. The fourth-order valence-corrected chi connectivity index (χ4v) is 2.27. The predicted octanol–water partition coefficient (Wildman–Crippen LogP) is 1.70. The molecule has 108 valence electrons. The van der Waals surface area contributed by atoms with Crippen molar-refractivity contribution in [2.75, 3.05) is 32.8 Å². The van der Waals surface area contributed by atoms with E-state index in [4.69, 9.17) is 33.4 Å². The molecule has 4 nitrogen and oxygen atoms in total. The highest BCUT2D eigenvalue weighted by Gasteiger charge is 2.14. The molecule has 0 spiro atoms. The van der Waals surface area contributed by atoms with Crippen LogP contribution in [0.15, 0.2) is 18.2 Å². The van der Waals surface area contributed by atoms with Gasteiger partial charge >= 0.3 is 0 Å². The molecule has 1 aromatic rings. The monoisotopic (exact) mass is 307 g/mol. The molecule has 19 heavy (non-hydrogen) atoms. The van der Waals surface area contributed by atoms with Crippen molar-refractivity contribution in [2.45, 2.75) is 12.5 Å². The summed E-state index contributed by atoms with van der Waals surface area (Å²) >= 11 is 11.9. The molecule has 0 aliphatic heterocycles. The summed E-state index contributed by atoms with van der Waals surface area (Å²) in [6.45, 7) is 1.54. The average Bonchev–Trinajstić information content (AvgIpc) is 2.39. The van der Waals surface area contributed by atoms with Gasteiger partial charge in [0.05, 0.1) is 19.3 Å². The molecule has 0 bridgehead atoms. The van der Waals surface area contributed by atoms with Crippen LogP contribution in [0.2, 0.25) is 10.0 Å². The summed E-state index contributed by atoms with van der Waals surface area (Å²) in [7, 11) is 0. The molecule has 1 unspecified atom stereocenters. The molecule has 0 radical (unpaired) electrons. The highest BCUT2D eigenvalue weighted by molar-refractivity contribution is 6.33. The van der Waals surface area contributed by atoms with Crippen LogP contribution in [0, 0.1) is 0 Å². The van der Waals surface area contributed by atoms with Crippen LogP contribution in [0.4, 0.5) is 0 Å². The number of benzene rings is 1. The molecule has 0 amide bonds. The van der Waals surface area contributed by atoms with E-state index in [1.165, 1.54) is 0 Å². The van der Waals surface area contributed by atoms with E-state index in [2.05, 4.69) is 0 Å². The van der Waals surface area contributed by atoms with Gasteiger partial charge in [-0.2, -0.15) is 0 Å². The van der Waals surface area contributed by atoms with Gasteiger partial charge in [-0.3, -0.25) is 4.90 Å². The number of aliphatic hydroxyl groups is 3. The zero-order valence-corrected chi connectivity index (χ0v) is 12.1. The van der Waals surface area contributed by atoms with Crippen molar-refractivity contribution in [3.8, 4) is 0 Å². The van der Waals surface area contributed by atoms with E-state index in [0.717, 1.165) is 0 Å². The molecule has 1 aromatic carbocycles. The summed E-state index contributed by atoms with van der Waals surface area (Å²) in [6, 6.07) is 4.97. The molecule has 0 aliphatic carbocycles. The van der Waals surface area contributed by atoms with Crippen molar-refractivity contribution >= 4 is 23.2 Å². The van der Waals surface area contributed by atoms with E-state index in [0.29, 0.717) is 41.7 Å². The van der Waals surface area contributed by atoms with E-state index < -0.39 is 6.10 Å². The second-order valence-corrected chi connectivity index (χ2v) is 5.10. The summed E-state index contributed by atoms with van der Waals surface area (Å²) in [4.78, 5) is 1.88. The molecule has 1 atom stereocenters. The van der Waals surface area contributed by atoms with Crippen LogP contribution in [0.3, 0.4) is 0 Å². The van der Waals surface area contributed by atoms with Gasteiger partial charge in [0.15, 0.2) is 0 Å². The highest BCUT2D eigenvalue weighted by atomic mass is 35.5. The molecular weight excluding hydrogens is 289 g/mol. The smallest absolute Gasteiger partial charge is 0.0817 e. The van der Waals surface area contributed by atoms with E-state index in [9.17, 15) is 5.11 Å². The van der Waals surface area contributed by atoms with Crippen LogP contribution >= 0.6 is 23.2 Å². The third-order valence-corrected chi connectivity index (χ3v) is 3.45. The van der Waals surface area contributed by atoms with Gasteiger partial charge in [0.25, 0.3) is 0 Å². The van der Waals surface area contributed by atoms with Gasteiger partial charge in [0.1, 0.15) is 0 Å². The maximum absolute atomic E-state index is 10.1. The molecule has 0 aliphatic rings. The van der Waals surface area contributed by atoms with Crippen molar-refractivity contribution in [1.29, 1.82) is 0 Å². The fraction of sp³-hybridized carbons (Fsp3) is 0.538. The topological polar surface area (TPSA) is 63.9 Å². The minimum Gasteiger partial charge on any atom is -0.395 e. The van der Waals surface area contributed by atoms with Crippen molar-refractivity contribution in [2.24, 2.45) is 0 Å². The number of aliphatic hydroxyl groups excluding tert-OH is 3. The third-order valence-electron chi connectivity index (χ3n) is 2.87. The Balaban J connectivity index is 2.58. The summed E-state index contributed by atoms with van der Waals surface area (Å²) in [5, 5.41) is 28.9. The van der Waals surface area contributed by atoms with Gasteiger partial charge in [-0.25, -0.2) is 0 Å². The molecule has 0 fully saturated rings. The first-order chi connectivity index (χ1) is 9.08. The van der Waals surface area contributed by atoms with Gasteiger partial charge < -0.3 is 15.3 Å². The Bertz CT molecular complexity index is 384. The largest absolute Gasteiger partial charge is 0.395 e. The number of hydrogen-bond acceptors (Lipinski definition) is 4. The Kier molecular flexibility index (Phi) is 7.68. The van der Waals surface area contributed by atoms with Gasteiger partial charge in [-0.05, 0) is 24.6 Å². The lowest BCUT2D eigenvalue weighted by Gasteiger charge is -2.22. The van der Waals surface area contributed by atoms with E-state index in [1.807, 2.05) is 4.90 Å². The van der Waals surface area contributed by atoms with Crippen LogP contribution in [-0.4, -0.2) is 53.1 Å². The Morgan fingerprint density at radius 3 is 2.26 bits per heavy atom. The van der Waals surface area contributed by atoms with Crippen LogP contribution in [0.5, 0.6) is 0 Å². The molecular formula is C13H19Cl2NO3. The minimum absolute atomic E-state index is 0.0218. The molecule has 0 heterocycles. The van der Waals surface area contributed by atoms with Gasteiger partial charge in [0.2, 0.25) is 0 Å². The Labute approximate surface area is 123 Å². The first-order valence-electron chi connectivity index (χ1n) is 6.15. The summed E-state index contributed by atoms with van der Waals surface area (Å²) < 4.78 is 0. The SMILES string of the molecule is OCCN(CCO)CCC(O)c1cc(Cl)ccc1Cl. The lowest BCUT2D eigenvalue weighted by atomic mass is 10.1. The van der Waals surface area contributed by atoms with Crippen molar-refractivity contribution in [3.05, 3.63) is 33.8 Å². The maximum atomic E-state index is 10.1. The predicted molar refractivity (Wildman–Crippen MR) is 76.7 cm³/mol. The average molecular weight is 308 g/mol. The summed E-state index contributed by atoms with van der Waals surface area (Å²) in [5.41, 5.74) is 0.599. The number of nitrogens with zero attached hydrogens (tertiary/aromatic N) is 1. The zero-order valence-electron chi connectivity index (χ0n) is 10.6. The van der Waals surface area contributed by atoms with Crippen molar-refractivity contribution in [1.82, 2.24) is 4.90 Å². The molecule has 0 saturated carbocycles. The number of hydrogen-bond donors (Lipinski definition) is 3. The number of halogens is 2. The molecule has 0 aromatic heterocycles. The van der Waals surface area contributed by atoms with Crippen molar-refractivity contribution < 1.29 is 15.3 Å². The minimum atomic E-state index is -0.717. The first-order valence-corrected chi connectivity index (χ1v) is 6.91. The summed E-state index contributed by atoms with van der Waals surface area (Å²) in [6.07, 6.45) is -0.258. The van der Waals surface area contributed by atoms with Gasteiger partial charge in [0, 0.05) is 35.2 Å². The fourth-order valence-electron chi connectivity index (χ4n) is 1.85. The van der Waals surface area contributed by atoms with Gasteiger partial charge in [-0.1, -0.05) is 23.2 Å². The van der Waals surface area contributed by atoms with Crippen LogP contribution in [0.25, 0.3) is 0 Å². The van der Waals surface area contributed by atoms with E-state index in [-0.39, 0.29) is 13.2 Å². The molecule has 3 N–H and O–H groups in total. The Morgan fingerprint density at radius 2 is 1.68 bits per heavy atom. The highest BCUT2D eigenvalue weighted by Crippen LogP contribution is 2.28. The first kappa shape index (κ1) is 16.7. The zero-order chi connectivity index (χ0) is 14.3. The molecule has 1 rings (SSSR count). The Hall–Kier alpha value is -0.360. The second kappa shape index (κ2) is 8.74. The number of rotatable bonds is 8. The maximum Gasteiger partial charge on any atom is 0.0817 e. The van der Waals surface area contributed by atoms with Crippen LogP contribution < -0.4 is 0 Å². The molecule has 0 saturated heterocycles. The standard InChI is InChI=1S/C13H19Cl2NO3/c14-10-1-2-12(15)11(9-10)13(19)3-4-16(5-7-17)6-8-18/h1-2,9,13,17-19H,3-8H2. The molecule has 6 heteroatoms. The Morgan fingerprint density at radius 1 is 1.05 bits per heavy atom. The van der Waals surface area contributed by atoms with Gasteiger partial charge in [-0.15, -0.1) is 0 Å². The lowest BCUT2D eigenvalue weighted by molar-refractivity contribution is 0.118.